The molecule has 1 saturated carbocycles. The molecule has 1 aliphatic heterocycles. The van der Waals surface area contributed by atoms with Gasteiger partial charge in [0.1, 0.15) is 18.3 Å². The molecule has 2 fully saturated rings. The highest BCUT2D eigenvalue weighted by atomic mass is 16.6. The van der Waals surface area contributed by atoms with Crippen molar-refractivity contribution in [2.75, 3.05) is 13.1 Å². The highest BCUT2D eigenvalue weighted by molar-refractivity contribution is 5.69. The van der Waals surface area contributed by atoms with Gasteiger partial charge in [-0.1, -0.05) is 0 Å². The minimum atomic E-state index is -0.419. The molecule has 3 atom stereocenters. The van der Waals surface area contributed by atoms with E-state index in [0.717, 1.165) is 13.1 Å². The number of fused-ring (bicyclic) bond motifs is 1. The molecular formula is C12H18N4O2. The third-order valence-corrected chi connectivity index (χ3v) is 3.58. The lowest BCUT2D eigenvalue weighted by Crippen LogP contribution is -2.37. The summed E-state index contributed by atoms with van der Waals surface area (Å²) in [6, 6.07) is 0.471. The Kier molecular flexibility index (Phi) is 2.36. The average Bonchev–Trinajstić information content (AvgIpc) is 2.76. The van der Waals surface area contributed by atoms with Gasteiger partial charge in [-0.15, -0.1) is 10.2 Å². The van der Waals surface area contributed by atoms with Gasteiger partial charge in [-0.25, -0.2) is 4.79 Å². The van der Waals surface area contributed by atoms with Crippen LogP contribution in [0.2, 0.25) is 0 Å². The smallest absolute Gasteiger partial charge is 0.410 e. The fourth-order valence-corrected chi connectivity index (χ4v) is 2.78. The SMILES string of the molecule is CC(C)(C)OC(=O)N1C[C@@H]2[C@H](C1)[C@H]2n1cnnc1. The van der Waals surface area contributed by atoms with Crippen LogP contribution in [-0.2, 0) is 4.74 Å². The molecule has 2 heterocycles. The van der Waals surface area contributed by atoms with Crippen LogP contribution in [-0.4, -0.2) is 44.4 Å². The van der Waals surface area contributed by atoms with Gasteiger partial charge in [0.2, 0.25) is 0 Å². The number of amides is 1. The lowest BCUT2D eigenvalue weighted by molar-refractivity contribution is 0.0266. The molecule has 2 aliphatic rings. The first kappa shape index (κ1) is 11.5. The molecule has 1 aliphatic carbocycles. The van der Waals surface area contributed by atoms with Gasteiger partial charge in [-0.05, 0) is 20.8 Å². The molecule has 0 aromatic carbocycles. The van der Waals surface area contributed by atoms with E-state index in [9.17, 15) is 4.79 Å². The van der Waals surface area contributed by atoms with Gasteiger partial charge in [-0.2, -0.15) is 0 Å². The van der Waals surface area contributed by atoms with Crippen LogP contribution in [0.5, 0.6) is 0 Å². The maximum Gasteiger partial charge on any atom is 0.410 e. The Balaban J connectivity index is 1.56. The van der Waals surface area contributed by atoms with Crippen molar-refractivity contribution in [2.45, 2.75) is 32.4 Å². The zero-order valence-electron chi connectivity index (χ0n) is 10.9. The lowest BCUT2D eigenvalue weighted by atomic mass is 10.2. The van der Waals surface area contributed by atoms with E-state index in [4.69, 9.17) is 4.74 Å². The van der Waals surface area contributed by atoms with Crippen LogP contribution in [0, 0.1) is 11.8 Å². The molecule has 0 spiro atoms. The number of piperidine rings is 1. The molecule has 1 amide bonds. The van der Waals surface area contributed by atoms with Gasteiger partial charge < -0.3 is 14.2 Å². The third-order valence-electron chi connectivity index (χ3n) is 3.58. The molecule has 6 heteroatoms. The number of rotatable bonds is 1. The Morgan fingerprint density at radius 2 is 1.78 bits per heavy atom. The monoisotopic (exact) mass is 250 g/mol. The quantitative estimate of drug-likeness (QED) is 0.754. The van der Waals surface area contributed by atoms with E-state index in [0.29, 0.717) is 17.9 Å². The summed E-state index contributed by atoms with van der Waals surface area (Å²) in [5, 5.41) is 7.64. The Morgan fingerprint density at radius 3 is 2.28 bits per heavy atom. The molecule has 6 nitrogen and oxygen atoms in total. The van der Waals surface area contributed by atoms with Crippen molar-refractivity contribution in [1.82, 2.24) is 19.7 Å². The Labute approximate surface area is 106 Å². The summed E-state index contributed by atoms with van der Waals surface area (Å²) in [6.45, 7) is 7.23. The number of hydrogen-bond acceptors (Lipinski definition) is 4. The van der Waals surface area contributed by atoms with E-state index in [-0.39, 0.29) is 6.09 Å². The summed E-state index contributed by atoms with van der Waals surface area (Å²) < 4.78 is 7.42. The zero-order chi connectivity index (χ0) is 12.9. The summed E-state index contributed by atoms with van der Waals surface area (Å²) in [6.07, 6.45) is 3.30. The first-order chi connectivity index (χ1) is 8.46. The second-order valence-corrected chi connectivity index (χ2v) is 6.11. The van der Waals surface area contributed by atoms with Crippen LogP contribution in [0.1, 0.15) is 26.8 Å². The molecular weight excluding hydrogens is 232 g/mol. The minimum absolute atomic E-state index is 0.197. The van der Waals surface area contributed by atoms with E-state index >= 15 is 0 Å². The number of carbonyl (C=O) groups excluding carboxylic acids is 1. The molecule has 0 N–H and O–H groups in total. The summed E-state index contributed by atoms with van der Waals surface area (Å²) in [5.41, 5.74) is -0.419. The van der Waals surface area contributed by atoms with Crippen molar-refractivity contribution in [2.24, 2.45) is 11.8 Å². The topological polar surface area (TPSA) is 60.2 Å². The van der Waals surface area contributed by atoms with E-state index in [1.54, 1.807) is 17.6 Å². The largest absolute Gasteiger partial charge is 0.444 e. The Bertz CT molecular complexity index is 439. The second kappa shape index (κ2) is 3.70. The third kappa shape index (κ3) is 1.95. The van der Waals surface area contributed by atoms with Crippen LogP contribution >= 0.6 is 0 Å². The van der Waals surface area contributed by atoms with Gasteiger partial charge in [0.15, 0.2) is 0 Å². The van der Waals surface area contributed by atoms with Crippen LogP contribution < -0.4 is 0 Å². The molecule has 0 radical (unpaired) electrons. The molecule has 98 valence electrons. The highest BCUT2D eigenvalue weighted by Gasteiger charge is 2.58. The predicted molar refractivity (Wildman–Crippen MR) is 63.8 cm³/mol. The first-order valence-electron chi connectivity index (χ1n) is 6.28. The standard InChI is InChI=1S/C12H18N4O2/c1-12(2,3)18-11(17)15-4-8-9(5-15)10(8)16-6-13-14-7-16/h6-10H,4-5H2,1-3H3/t8-,9+,10+. The number of nitrogens with zero attached hydrogens (tertiary/aromatic N) is 4. The normalized spacial score (nSPS) is 30.2. The number of carbonyl (C=O) groups is 1. The molecule has 3 rings (SSSR count). The van der Waals surface area contributed by atoms with Gasteiger partial charge in [0.05, 0.1) is 0 Å². The van der Waals surface area contributed by atoms with Crippen molar-refractivity contribution in [3.63, 3.8) is 0 Å². The number of likely N-dealkylation sites (tertiary alicyclic amines) is 1. The van der Waals surface area contributed by atoms with E-state index < -0.39 is 5.60 Å². The van der Waals surface area contributed by atoms with E-state index in [1.807, 2.05) is 25.3 Å². The van der Waals surface area contributed by atoms with Crippen LogP contribution in [0.4, 0.5) is 4.79 Å². The number of hydrogen-bond donors (Lipinski definition) is 0. The summed E-state index contributed by atoms with van der Waals surface area (Å²) in [5.74, 6) is 1.07. The number of ether oxygens (including phenoxy) is 1. The average molecular weight is 250 g/mol. The maximum absolute atomic E-state index is 11.9. The van der Waals surface area contributed by atoms with Crippen molar-refractivity contribution >= 4 is 6.09 Å². The fraction of sp³-hybridized carbons (Fsp3) is 0.750. The van der Waals surface area contributed by atoms with Gasteiger partial charge >= 0.3 is 6.09 Å². The minimum Gasteiger partial charge on any atom is -0.444 e. The molecule has 0 unspecified atom stereocenters. The molecule has 18 heavy (non-hydrogen) atoms. The zero-order valence-corrected chi connectivity index (χ0v) is 10.9. The molecule has 1 aromatic rings. The maximum atomic E-state index is 11.9. The predicted octanol–water partition coefficient (Wildman–Crippen LogP) is 1.32. The van der Waals surface area contributed by atoms with Crippen molar-refractivity contribution in [3.8, 4) is 0 Å². The highest BCUT2D eigenvalue weighted by Crippen LogP contribution is 2.55. The Morgan fingerprint density at radius 1 is 1.22 bits per heavy atom. The number of aromatic nitrogens is 3. The van der Waals surface area contributed by atoms with Gasteiger partial charge in [-0.3, -0.25) is 0 Å². The van der Waals surface area contributed by atoms with E-state index in [1.165, 1.54) is 0 Å². The van der Waals surface area contributed by atoms with Crippen molar-refractivity contribution in [1.29, 1.82) is 0 Å². The molecule has 1 saturated heterocycles. The van der Waals surface area contributed by atoms with Crippen molar-refractivity contribution in [3.05, 3.63) is 12.7 Å². The van der Waals surface area contributed by atoms with Crippen LogP contribution in [0.3, 0.4) is 0 Å². The van der Waals surface area contributed by atoms with Crippen molar-refractivity contribution < 1.29 is 9.53 Å². The van der Waals surface area contributed by atoms with Crippen LogP contribution in [0.15, 0.2) is 12.7 Å². The Hall–Kier alpha value is -1.59. The second-order valence-electron chi connectivity index (χ2n) is 6.11. The molecule has 1 aromatic heterocycles. The fourth-order valence-electron chi connectivity index (χ4n) is 2.78. The first-order valence-corrected chi connectivity index (χ1v) is 6.28. The van der Waals surface area contributed by atoms with Gasteiger partial charge in [0, 0.05) is 31.0 Å². The lowest BCUT2D eigenvalue weighted by Gasteiger charge is -2.25. The molecule has 0 bridgehead atoms. The van der Waals surface area contributed by atoms with E-state index in [2.05, 4.69) is 10.2 Å². The van der Waals surface area contributed by atoms with Crippen LogP contribution in [0.25, 0.3) is 0 Å². The summed E-state index contributed by atoms with van der Waals surface area (Å²) >= 11 is 0. The summed E-state index contributed by atoms with van der Waals surface area (Å²) in [7, 11) is 0. The van der Waals surface area contributed by atoms with Gasteiger partial charge in [0.25, 0.3) is 0 Å². The summed E-state index contributed by atoms with van der Waals surface area (Å²) in [4.78, 5) is 13.7.